The maximum absolute atomic E-state index is 12.5. The summed E-state index contributed by atoms with van der Waals surface area (Å²) in [5.41, 5.74) is 4.06. The molecule has 0 bridgehead atoms. The van der Waals surface area contributed by atoms with Crippen LogP contribution in [0.5, 0.6) is 17.2 Å². The fraction of sp³-hybridized carbons (Fsp3) is 0.400. The molecule has 5 rings (SSSR count). The average Bonchev–Trinajstić information content (AvgIpc) is 3.19. The SMILES string of the molecule is O=C(NC1CC1)[C@@H]1CCN(C(c2ccncc2)c2cc3c(cc2O)ONO3)C1. The van der Waals surface area contributed by atoms with Crippen molar-refractivity contribution in [3.05, 3.63) is 47.8 Å². The maximum Gasteiger partial charge on any atom is 0.224 e. The molecule has 3 aliphatic rings. The van der Waals surface area contributed by atoms with Crippen LogP contribution in [0.3, 0.4) is 0 Å². The molecule has 28 heavy (non-hydrogen) atoms. The Bertz CT molecular complexity index is 887. The first-order valence-electron chi connectivity index (χ1n) is 9.59. The van der Waals surface area contributed by atoms with Crippen LogP contribution in [0.2, 0.25) is 0 Å². The molecule has 146 valence electrons. The predicted molar refractivity (Wildman–Crippen MR) is 99.4 cm³/mol. The Morgan fingerprint density at radius 3 is 2.71 bits per heavy atom. The van der Waals surface area contributed by atoms with Crippen molar-refractivity contribution in [1.82, 2.24) is 20.8 Å². The number of fused-ring (bicyclic) bond motifs is 1. The summed E-state index contributed by atoms with van der Waals surface area (Å²) in [6.07, 6.45) is 6.44. The first-order chi connectivity index (χ1) is 13.7. The van der Waals surface area contributed by atoms with E-state index in [4.69, 9.17) is 9.68 Å². The quantitative estimate of drug-likeness (QED) is 0.724. The molecule has 8 nitrogen and oxygen atoms in total. The zero-order valence-electron chi connectivity index (χ0n) is 15.3. The Balaban J connectivity index is 1.45. The number of hydrogen-bond donors (Lipinski definition) is 3. The number of hydrogen-bond acceptors (Lipinski definition) is 7. The number of benzene rings is 1. The number of amides is 1. The van der Waals surface area contributed by atoms with Gasteiger partial charge in [-0.3, -0.25) is 14.7 Å². The van der Waals surface area contributed by atoms with E-state index in [1.54, 1.807) is 24.5 Å². The van der Waals surface area contributed by atoms with Crippen molar-refractivity contribution in [1.29, 1.82) is 0 Å². The van der Waals surface area contributed by atoms with Gasteiger partial charge in [-0.05, 0) is 49.6 Å². The minimum atomic E-state index is -0.212. The van der Waals surface area contributed by atoms with Crippen LogP contribution in [0.15, 0.2) is 36.7 Å². The van der Waals surface area contributed by atoms with E-state index in [1.165, 1.54) is 0 Å². The number of pyridine rings is 1. The van der Waals surface area contributed by atoms with Gasteiger partial charge in [0.15, 0.2) is 11.5 Å². The fourth-order valence-corrected chi connectivity index (χ4v) is 3.97. The number of nitrogens with zero attached hydrogens (tertiary/aromatic N) is 2. The highest BCUT2D eigenvalue weighted by atomic mass is 16.9. The zero-order valence-corrected chi connectivity index (χ0v) is 15.3. The third-order valence-electron chi connectivity index (χ3n) is 5.59. The molecule has 2 aromatic rings. The molecule has 8 heteroatoms. The van der Waals surface area contributed by atoms with E-state index >= 15 is 0 Å². The molecule has 1 aromatic carbocycles. The molecule has 1 saturated heterocycles. The molecule has 1 unspecified atom stereocenters. The molecule has 0 radical (unpaired) electrons. The van der Waals surface area contributed by atoms with Gasteiger partial charge >= 0.3 is 0 Å². The minimum Gasteiger partial charge on any atom is -0.507 e. The van der Waals surface area contributed by atoms with Gasteiger partial charge in [0, 0.05) is 42.3 Å². The van der Waals surface area contributed by atoms with E-state index in [9.17, 15) is 9.90 Å². The van der Waals surface area contributed by atoms with Gasteiger partial charge in [0.25, 0.3) is 0 Å². The van der Waals surface area contributed by atoms with Crippen LogP contribution in [0.25, 0.3) is 0 Å². The maximum atomic E-state index is 12.5. The Morgan fingerprint density at radius 2 is 1.96 bits per heavy atom. The number of carbonyl (C=O) groups is 1. The highest BCUT2D eigenvalue weighted by Crippen LogP contribution is 2.43. The van der Waals surface area contributed by atoms with Gasteiger partial charge in [-0.15, -0.1) is 0 Å². The smallest absolute Gasteiger partial charge is 0.224 e. The van der Waals surface area contributed by atoms with E-state index in [1.807, 2.05) is 12.1 Å². The van der Waals surface area contributed by atoms with E-state index in [0.717, 1.165) is 31.4 Å². The molecule has 0 spiro atoms. The molecule has 3 heterocycles. The van der Waals surface area contributed by atoms with Crippen molar-refractivity contribution in [2.75, 3.05) is 13.1 Å². The lowest BCUT2D eigenvalue weighted by Gasteiger charge is -2.29. The van der Waals surface area contributed by atoms with Crippen LogP contribution < -0.4 is 20.6 Å². The number of aromatic hydroxyl groups is 1. The van der Waals surface area contributed by atoms with E-state index in [0.29, 0.717) is 29.6 Å². The molecule has 2 aliphatic heterocycles. The van der Waals surface area contributed by atoms with Crippen LogP contribution >= 0.6 is 0 Å². The lowest BCUT2D eigenvalue weighted by atomic mass is 9.96. The topological polar surface area (TPSA) is 96.0 Å². The largest absolute Gasteiger partial charge is 0.507 e. The molecular formula is C20H22N4O4. The van der Waals surface area contributed by atoms with Crippen molar-refractivity contribution in [2.45, 2.75) is 31.3 Å². The highest BCUT2D eigenvalue weighted by Gasteiger charge is 2.37. The monoisotopic (exact) mass is 382 g/mol. The van der Waals surface area contributed by atoms with Gasteiger partial charge in [0.1, 0.15) is 5.75 Å². The number of aromatic nitrogens is 1. The number of likely N-dealkylation sites (tertiary alicyclic amines) is 1. The normalized spacial score (nSPS) is 22.2. The Kier molecular flexibility index (Phi) is 4.29. The molecule has 3 N–H and O–H groups in total. The molecule has 2 fully saturated rings. The molecule has 1 saturated carbocycles. The van der Waals surface area contributed by atoms with E-state index in [-0.39, 0.29) is 23.6 Å². The second-order valence-corrected chi connectivity index (χ2v) is 7.59. The van der Waals surface area contributed by atoms with E-state index < -0.39 is 0 Å². The van der Waals surface area contributed by atoms with Gasteiger partial charge in [0.05, 0.1) is 12.0 Å². The van der Waals surface area contributed by atoms with Crippen LogP contribution in [-0.2, 0) is 4.79 Å². The zero-order chi connectivity index (χ0) is 19.1. The first kappa shape index (κ1) is 17.3. The summed E-state index contributed by atoms with van der Waals surface area (Å²) in [5, 5.41) is 13.8. The van der Waals surface area contributed by atoms with Gasteiger partial charge in [0.2, 0.25) is 5.91 Å². The Hall–Kier alpha value is -2.84. The number of carbonyl (C=O) groups excluding carboxylic acids is 1. The molecule has 1 aliphatic carbocycles. The summed E-state index contributed by atoms with van der Waals surface area (Å²) >= 11 is 0. The Morgan fingerprint density at radius 1 is 1.21 bits per heavy atom. The lowest BCUT2D eigenvalue weighted by Crippen LogP contribution is -2.35. The van der Waals surface area contributed by atoms with Gasteiger partial charge in [-0.2, -0.15) is 0 Å². The van der Waals surface area contributed by atoms with Gasteiger partial charge in [-0.1, -0.05) is 0 Å². The minimum absolute atomic E-state index is 0.0391. The standard InChI is InChI=1S/C20H22N4O4/c25-16-10-18-17(27-23-28-18)9-15(16)19(12-3-6-21-7-4-12)24-8-5-13(11-24)20(26)22-14-1-2-14/h3-4,6-7,9-10,13-14,19,23,25H,1-2,5,8,11H2,(H,22,26)/t13-,19?/m1/s1. The van der Waals surface area contributed by atoms with Crippen LogP contribution in [-0.4, -0.2) is 40.0 Å². The number of phenolic OH excluding ortho intramolecular Hbond substituents is 1. The summed E-state index contributed by atoms with van der Waals surface area (Å²) in [4.78, 5) is 29.3. The highest BCUT2D eigenvalue weighted by molar-refractivity contribution is 5.79. The molecule has 2 atom stereocenters. The van der Waals surface area contributed by atoms with Crippen molar-refractivity contribution in [3.63, 3.8) is 0 Å². The van der Waals surface area contributed by atoms with Gasteiger partial charge < -0.3 is 20.1 Å². The van der Waals surface area contributed by atoms with E-state index in [2.05, 4.69) is 20.8 Å². The number of rotatable bonds is 5. The fourth-order valence-electron chi connectivity index (χ4n) is 3.97. The molecule has 1 amide bonds. The van der Waals surface area contributed by atoms with Crippen LogP contribution in [0.4, 0.5) is 0 Å². The summed E-state index contributed by atoms with van der Waals surface area (Å²) in [6, 6.07) is 7.36. The van der Waals surface area contributed by atoms with Crippen molar-refractivity contribution in [2.24, 2.45) is 5.92 Å². The predicted octanol–water partition coefficient (Wildman–Crippen LogP) is 1.67. The third-order valence-corrected chi connectivity index (χ3v) is 5.59. The van der Waals surface area contributed by atoms with Gasteiger partial charge in [-0.25, -0.2) is 0 Å². The lowest BCUT2D eigenvalue weighted by molar-refractivity contribution is -0.124. The third kappa shape index (κ3) is 3.25. The second-order valence-electron chi connectivity index (χ2n) is 7.59. The number of phenols is 1. The average molecular weight is 382 g/mol. The summed E-state index contributed by atoms with van der Waals surface area (Å²) in [5.74, 6) is 1.19. The molecule has 1 aromatic heterocycles. The summed E-state index contributed by atoms with van der Waals surface area (Å²) in [6.45, 7) is 1.40. The first-order valence-corrected chi connectivity index (χ1v) is 9.59. The summed E-state index contributed by atoms with van der Waals surface area (Å²) < 4.78 is 0. The van der Waals surface area contributed by atoms with Crippen molar-refractivity contribution < 1.29 is 19.6 Å². The Labute approximate surface area is 162 Å². The number of nitrogens with one attached hydrogen (secondary N) is 2. The van der Waals surface area contributed by atoms with Crippen LogP contribution in [0.1, 0.15) is 36.4 Å². The summed E-state index contributed by atoms with van der Waals surface area (Å²) in [7, 11) is 0. The van der Waals surface area contributed by atoms with Crippen LogP contribution in [0, 0.1) is 5.92 Å². The van der Waals surface area contributed by atoms with Crippen molar-refractivity contribution in [3.8, 4) is 17.2 Å². The second kappa shape index (κ2) is 6.96. The molecular weight excluding hydrogens is 360 g/mol. The van der Waals surface area contributed by atoms with Crippen molar-refractivity contribution >= 4 is 5.91 Å².